The Kier molecular flexibility index (Phi) is 11.4. The van der Waals surface area contributed by atoms with Crippen LogP contribution in [0.2, 0.25) is 0 Å². The Balaban J connectivity index is 0.00000385. The standard InChI is InChI=1S/C24H34N4O4.HI/c1-5-9-25-24(26-10-8-20-7-6-15-32-20)28-13-11-27(12-14-28)18-19-16-21(29-2)23(31-4)22(17-19)30-3;/h5-7,15-17H,1,8-14,18H2,2-4H3,(H,25,26);1H. The maximum absolute atomic E-state index is 5.49. The lowest BCUT2D eigenvalue weighted by Crippen LogP contribution is -2.52. The SMILES string of the molecule is C=CCNC(=NCCc1ccco1)N1CCN(Cc2cc(OC)c(OC)c(OC)c2)CC1.I. The highest BCUT2D eigenvalue weighted by atomic mass is 127. The van der Waals surface area contributed by atoms with Crippen LogP contribution in [0.4, 0.5) is 0 Å². The van der Waals surface area contributed by atoms with Crippen LogP contribution in [0.25, 0.3) is 0 Å². The number of nitrogens with one attached hydrogen (secondary N) is 1. The first-order valence-corrected chi connectivity index (χ1v) is 10.9. The summed E-state index contributed by atoms with van der Waals surface area (Å²) in [5, 5.41) is 3.39. The van der Waals surface area contributed by atoms with Gasteiger partial charge in [-0.2, -0.15) is 0 Å². The Labute approximate surface area is 213 Å². The summed E-state index contributed by atoms with van der Waals surface area (Å²) in [6, 6.07) is 7.92. The lowest BCUT2D eigenvalue weighted by molar-refractivity contribution is 0.172. The molecule has 33 heavy (non-hydrogen) atoms. The molecule has 182 valence electrons. The highest BCUT2D eigenvalue weighted by Crippen LogP contribution is 2.38. The van der Waals surface area contributed by atoms with Gasteiger partial charge in [0, 0.05) is 52.2 Å². The lowest BCUT2D eigenvalue weighted by atomic mass is 10.1. The maximum Gasteiger partial charge on any atom is 0.203 e. The number of ether oxygens (including phenoxy) is 3. The number of aliphatic imine (C=N–C) groups is 1. The van der Waals surface area contributed by atoms with Crippen molar-refractivity contribution in [1.82, 2.24) is 15.1 Å². The maximum atomic E-state index is 5.49. The van der Waals surface area contributed by atoms with E-state index in [0.29, 0.717) is 30.3 Å². The number of methoxy groups -OCH3 is 3. The number of halogens is 1. The molecule has 1 fully saturated rings. The van der Waals surface area contributed by atoms with E-state index in [4.69, 9.17) is 23.6 Å². The molecule has 3 rings (SSSR count). The van der Waals surface area contributed by atoms with Crippen molar-refractivity contribution in [2.24, 2.45) is 4.99 Å². The van der Waals surface area contributed by atoms with Crippen molar-refractivity contribution in [1.29, 1.82) is 0 Å². The molecule has 2 heterocycles. The minimum atomic E-state index is 0. The second-order valence-electron chi connectivity index (χ2n) is 7.50. The van der Waals surface area contributed by atoms with E-state index >= 15 is 0 Å². The van der Waals surface area contributed by atoms with Crippen LogP contribution in [0.5, 0.6) is 17.2 Å². The van der Waals surface area contributed by atoms with Crippen molar-refractivity contribution in [2.75, 3.05) is 60.6 Å². The minimum Gasteiger partial charge on any atom is -0.493 e. The van der Waals surface area contributed by atoms with Gasteiger partial charge in [-0.15, -0.1) is 30.6 Å². The Morgan fingerprint density at radius 3 is 2.36 bits per heavy atom. The third-order valence-corrected chi connectivity index (χ3v) is 5.41. The van der Waals surface area contributed by atoms with Crippen LogP contribution in [0.3, 0.4) is 0 Å². The molecular formula is C24H35IN4O4. The van der Waals surface area contributed by atoms with Gasteiger partial charge in [0.15, 0.2) is 17.5 Å². The van der Waals surface area contributed by atoms with E-state index < -0.39 is 0 Å². The molecule has 9 heteroatoms. The summed E-state index contributed by atoms with van der Waals surface area (Å²) < 4.78 is 21.8. The molecule has 0 saturated carbocycles. The monoisotopic (exact) mass is 570 g/mol. The smallest absolute Gasteiger partial charge is 0.203 e. The molecule has 1 aromatic heterocycles. The van der Waals surface area contributed by atoms with Crippen molar-refractivity contribution < 1.29 is 18.6 Å². The van der Waals surface area contributed by atoms with E-state index in [2.05, 4.69) is 21.7 Å². The molecule has 1 aromatic carbocycles. The first-order valence-electron chi connectivity index (χ1n) is 10.9. The van der Waals surface area contributed by atoms with Gasteiger partial charge in [0.25, 0.3) is 0 Å². The number of hydrogen-bond donors (Lipinski definition) is 1. The fraction of sp³-hybridized carbons (Fsp3) is 0.458. The van der Waals surface area contributed by atoms with Crippen LogP contribution in [0.1, 0.15) is 11.3 Å². The number of benzene rings is 1. The molecular weight excluding hydrogens is 535 g/mol. The number of rotatable bonds is 10. The van der Waals surface area contributed by atoms with Gasteiger partial charge in [-0.25, -0.2) is 0 Å². The molecule has 0 atom stereocenters. The Hall–Kier alpha value is -2.40. The van der Waals surface area contributed by atoms with Crippen LogP contribution in [0, 0.1) is 0 Å². The van der Waals surface area contributed by atoms with Gasteiger partial charge < -0.3 is 28.8 Å². The summed E-state index contributed by atoms with van der Waals surface area (Å²) >= 11 is 0. The van der Waals surface area contributed by atoms with Gasteiger partial charge in [-0.1, -0.05) is 6.08 Å². The largest absolute Gasteiger partial charge is 0.493 e. The molecule has 1 aliphatic heterocycles. The molecule has 0 unspecified atom stereocenters. The van der Waals surface area contributed by atoms with Gasteiger partial charge in [-0.05, 0) is 29.8 Å². The highest BCUT2D eigenvalue weighted by molar-refractivity contribution is 14.0. The van der Waals surface area contributed by atoms with E-state index in [1.807, 2.05) is 30.3 Å². The second kappa shape index (κ2) is 14.0. The average molecular weight is 570 g/mol. The molecule has 8 nitrogen and oxygen atoms in total. The van der Waals surface area contributed by atoms with E-state index in [-0.39, 0.29) is 24.0 Å². The van der Waals surface area contributed by atoms with Crippen LogP contribution < -0.4 is 19.5 Å². The summed E-state index contributed by atoms with van der Waals surface area (Å²) in [6.45, 7) is 9.65. The molecule has 1 saturated heterocycles. The molecule has 1 N–H and O–H groups in total. The molecule has 0 amide bonds. The van der Waals surface area contributed by atoms with Crippen molar-refractivity contribution in [3.05, 3.63) is 54.5 Å². The molecule has 0 radical (unpaired) electrons. The molecule has 0 spiro atoms. The zero-order valence-corrected chi connectivity index (χ0v) is 22.0. The van der Waals surface area contributed by atoms with Crippen LogP contribution in [-0.2, 0) is 13.0 Å². The van der Waals surface area contributed by atoms with Crippen molar-refractivity contribution in [3.8, 4) is 17.2 Å². The van der Waals surface area contributed by atoms with E-state index in [1.54, 1.807) is 27.6 Å². The predicted octanol–water partition coefficient (Wildman–Crippen LogP) is 3.42. The van der Waals surface area contributed by atoms with E-state index in [9.17, 15) is 0 Å². The summed E-state index contributed by atoms with van der Waals surface area (Å²) in [5.74, 6) is 3.85. The molecule has 2 aromatic rings. The highest BCUT2D eigenvalue weighted by Gasteiger charge is 2.21. The molecule has 0 aliphatic carbocycles. The van der Waals surface area contributed by atoms with Crippen molar-refractivity contribution in [3.63, 3.8) is 0 Å². The predicted molar refractivity (Wildman–Crippen MR) is 141 cm³/mol. The van der Waals surface area contributed by atoms with Crippen LogP contribution in [0.15, 0.2) is 52.6 Å². The molecule has 1 aliphatic rings. The van der Waals surface area contributed by atoms with Crippen LogP contribution >= 0.6 is 24.0 Å². The van der Waals surface area contributed by atoms with Gasteiger partial charge in [0.2, 0.25) is 5.75 Å². The zero-order chi connectivity index (χ0) is 22.8. The van der Waals surface area contributed by atoms with E-state index in [0.717, 1.165) is 56.4 Å². The summed E-state index contributed by atoms with van der Waals surface area (Å²) in [4.78, 5) is 9.52. The number of hydrogen-bond acceptors (Lipinski definition) is 6. The van der Waals surface area contributed by atoms with Crippen molar-refractivity contribution >= 4 is 29.9 Å². The Bertz CT molecular complexity index is 856. The number of nitrogens with zero attached hydrogens (tertiary/aromatic N) is 3. The number of piperazine rings is 1. The van der Waals surface area contributed by atoms with E-state index in [1.165, 1.54) is 0 Å². The minimum absolute atomic E-state index is 0. The quantitative estimate of drug-likeness (QED) is 0.203. The van der Waals surface area contributed by atoms with Crippen LogP contribution in [-0.4, -0.2) is 76.4 Å². The first-order chi connectivity index (χ1) is 15.7. The number of furan rings is 1. The Morgan fingerprint density at radius 1 is 1.12 bits per heavy atom. The molecule has 0 bridgehead atoms. The Morgan fingerprint density at radius 2 is 1.82 bits per heavy atom. The zero-order valence-electron chi connectivity index (χ0n) is 19.7. The average Bonchev–Trinajstić information content (AvgIpc) is 3.34. The summed E-state index contributed by atoms with van der Waals surface area (Å²) in [5.41, 5.74) is 1.13. The summed E-state index contributed by atoms with van der Waals surface area (Å²) in [6.07, 6.45) is 4.33. The fourth-order valence-electron chi connectivity index (χ4n) is 3.76. The van der Waals surface area contributed by atoms with Gasteiger partial charge in [0.1, 0.15) is 5.76 Å². The van der Waals surface area contributed by atoms with Gasteiger partial charge in [0.05, 0.1) is 27.6 Å². The van der Waals surface area contributed by atoms with Gasteiger partial charge in [-0.3, -0.25) is 9.89 Å². The van der Waals surface area contributed by atoms with Gasteiger partial charge >= 0.3 is 0 Å². The topological polar surface area (TPSA) is 71.7 Å². The lowest BCUT2D eigenvalue weighted by Gasteiger charge is -2.36. The normalized spacial score (nSPS) is 14.4. The third kappa shape index (κ3) is 7.56. The third-order valence-electron chi connectivity index (χ3n) is 5.41. The fourth-order valence-corrected chi connectivity index (χ4v) is 3.76. The first kappa shape index (κ1) is 26.8. The second-order valence-corrected chi connectivity index (χ2v) is 7.50. The van der Waals surface area contributed by atoms with Crippen molar-refractivity contribution in [2.45, 2.75) is 13.0 Å². The number of guanidine groups is 1. The summed E-state index contributed by atoms with van der Waals surface area (Å²) in [7, 11) is 4.90.